The smallest absolute Gasteiger partial charge is 0.320 e. The van der Waals surface area contributed by atoms with Gasteiger partial charge in [-0.05, 0) is 45.6 Å². The van der Waals surface area contributed by atoms with Crippen LogP contribution in [-0.4, -0.2) is 17.4 Å². The third-order valence-electron chi connectivity index (χ3n) is 3.68. The number of carbonyl (C=O) groups is 2. The fourth-order valence-corrected chi connectivity index (χ4v) is 2.72. The molecule has 1 fully saturated rings. The second kappa shape index (κ2) is 5.39. The number of ketones is 1. The van der Waals surface area contributed by atoms with Gasteiger partial charge in [0.25, 0.3) is 0 Å². The lowest BCUT2D eigenvalue weighted by Gasteiger charge is -2.30. The standard InChI is InChI=1S/C17H22O3/c1-16(2,3)20-15(19)17(11-7-10-14(17)18)12-13-8-5-4-6-9-13/h4-6,8-9H,7,10-12H2,1-3H3/t17-/m0/s1. The summed E-state index contributed by atoms with van der Waals surface area (Å²) in [6.45, 7) is 5.50. The molecule has 0 heterocycles. The number of rotatable bonds is 3. The van der Waals surface area contributed by atoms with Crippen LogP contribution < -0.4 is 0 Å². The molecule has 0 amide bonds. The second-order valence-electron chi connectivity index (χ2n) is 6.52. The maximum absolute atomic E-state index is 12.6. The van der Waals surface area contributed by atoms with Crippen molar-refractivity contribution in [3.05, 3.63) is 35.9 Å². The summed E-state index contributed by atoms with van der Waals surface area (Å²) in [5, 5.41) is 0. The molecule has 1 aliphatic carbocycles. The quantitative estimate of drug-likeness (QED) is 0.627. The van der Waals surface area contributed by atoms with E-state index in [1.807, 2.05) is 51.1 Å². The Labute approximate surface area is 120 Å². The Hall–Kier alpha value is -1.64. The topological polar surface area (TPSA) is 43.4 Å². The fraction of sp³-hybridized carbons (Fsp3) is 0.529. The van der Waals surface area contributed by atoms with E-state index in [-0.39, 0.29) is 11.8 Å². The monoisotopic (exact) mass is 274 g/mol. The molecular weight excluding hydrogens is 252 g/mol. The molecule has 0 radical (unpaired) electrons. The highest BCUT2D eigenvalue weighted by Crippen LogP contribution is 2.40. The van der Waals surface area contributed by atoms with Gasteiger partial charge in [-0.15, -0.1) is 0 Å². The molecule has 1 saturated carbocycles. The summed E-state index contributed by atoms with van der Waals surface area (Å²) < 4.78 is 5.51. The summed E-state index contributed by atoms with van der Waals surface area (Å²) in [5.74, 6) is -0.341. The van der Waals surface area contributed by atoms with Gasteiger partial charge >= 0.3 is 5.97 Å². The molecule has 0 saturated heterocycles. The molecule has 1 aromatic carbocycles. The van der Waals surface area contributed by atoms with Crippen LogP contribution in [0.15, 0.2) is 30.3 Å². The van der Waals surface area contributed by atoms with Crippen molar-refractivity contribution in [1.29, 1.82) is 0 Å². The molecular formula is C17H22O3. The summed E-state index contributed by atoms with van der Waals surface area (Å²) in [4.78, 5) is 24.9. The molecule has 3 heteroatoms. The van der Waals surface area contributed by atoms with Gasteiger partial charge in [0.1, 0.15) is 11.0 Å². The third kappa shape index (κ3) is 3.09. The molecule has 1 aromatic rings. The zero-order valence-electron chi connectivity index (χ0n) is 12.4. The Bertz CT molecular complexity index is 499. The summed E-state index contributed by atoms with van der Waals surface area (Å²) in [6.07, 6.45) is 2.29. The summed E-state index contributed by atoms with van der Waals surface area (Å²) in [6, 6.07) is 9.70. The molecule has 108 valence electrons. The number of hydrogen-bond donors (Lipinski definition) is 0. The van der Waals surface area contributed by atoms with E-state index in [0.717, 1.165) is 12.0 Å². The average Bonchev–Trinajstić information content (AvgIpc) is 2.71. The molecule has 3 nitrogen and oxygen atoms in total. The lowest BCUT2D eigenvalue weighted by molar-refractivity contribution is -0.169. The molecule has 2 rings (SSSR count). The number of hydrogen-bond acceptors (Lipinski definition) is 3. The van der Waals surface area contributed by atoms with Crippen molar-refractivity contribution in [3.63, 3.8) is 0 Å². The van der Waals surface area contributed by atoms with Crippen molar-refractivity contribution in [2.24, 2.45) is 5.41 Å². The highest BCUT2D eigenvalue weighted by molar-refractivity contribution is 6.05. The van der Waals surface area contributed by atoms with Crippen LogP contribution in [0.5, 0.6) is 0 Å². The Balaban J connectivity index is 2.27. The normalized spacial score (nSPS) is 22.9. The zero-order valence-corrected chi connectivity index (χ0v) is 12.4. The Morgan fingerprint density at radius 1 is 1.25 bits per heavy atom. The lowest BCUT2D eigenvalue weighted by atomic mass is 9.79. The Morgan fingerprint density at radius 3 is 2.40 bits per heavy atom. The van der Waals surface area contributed by atoms with Gasteiger partial charge in [0, 0.05) is 6.42 Å². The largest absolute Gasteiger partial charge is 0.459 e. The molecule has 1 atom stereocenters. The summed E-state index contributed by atoms with van der Waals surface area (Å²) >= 11 is 0. The van der Waals surface area contributed by atoms with Crippen LogP contribution in [0.3, 0.4) is 0 Å². The van der Waals surface area contributed by atoms with E-state index in [1.54, 1.807) is 0 Å². The molecule has 0 N–H and O–H groups in total. The minimum atomic E-state index is -0.978. The van der Waals surface area contributed by atoms with Crippen molar-refractivity contribution >= 4 is 11.8 Å². The number of benzene rings is 1. The van der Waals surface area contributed by atoms with Gasteiger partial charge in [0.2, 0.25) is 0 Å². The predicted octanol–water partition coefficient (Wildman–Crippen LogP) is 3.31. The molecule has 1 aliphatic rings. The minimum Gasteiger partial charge on any atom is -0.459 e. The van der Waals surface area contributed by atoms with E-state index < -0.39 is 11.0 Å². The fourth-order valence-electron chi connectivity index (χ4n) is 2.72. The van der Waals surface area contributed by atoms with Gasteiger partial charge in [-0.1, -0.05) is 30.3 Å². The van der Waals surface area contributed by atoms with Crippen molar-refractivity contribution in [1.82, 2.24) is 0 Å². The van der Waals surface area contributed by atoms with E-state index in [2.05, 4.69) is 0 Å². The summed E-state index contributed by atoms with van der Waals surface area (Å²) in [5.41, 5.74) is -0.535. The van der Waals surface area contributed by atoms with Gasteiger partial charge in [0.05, 0.1) is 0 Å². The maximum Gasteiger partial charge on any atom is 0.320 e. The van der Waals surface area contributed by atoms with Crippen molar-refractivity contribution < 1.29 is 14.3 Å². The van der Waals surface area contributed by atoms with E-state index in [1.165, 1.54) is 0 Å². The number of esters is 1. The van der Waals surface area contributed by atoms with Crippen LogP contribution >= 0.6 is 0 Å². The van der Waals surface area contributed by atoms with Crippen LogP contribution in [0.4, 0.5) is 0 Å². The van der Waals surface area contributed by atoms with E-state index in [9.17, 15) is 9.59 Å². The van der Waals surface area contributed by atoms with Crippen molar-refractivity contribution in [3.8, 4) is 0 Å². The molecule has 0 aliphatic heterocycles. The highest BCUT2D eigenvalue weighted by atomic mass is 16.6. The van der Waals surface area contributed by atoms with Gasteiger partial charge in [-0.3, -0.25) is 9.59 Å². The molecule has 0 spiro atoms. The molecule has 0 aromatic heterocycles. The van der Waals surface area contributed by atoms with Crippen molar-refractivity contribution in [2.75, 3.05) is 0 Å². The van der Waals surface area contributed by atoms with Crippen LogP contribution in [0.1, 0.15) is 45.6 Å². The van der Waals surface area contributed by atoms with Crippen LogP contribution in [0.2, 0.25) is 0 Å². The number of Topliss-reactive ketones (excluding diaryl/α,β-unsaturated/α-hetero) is 1. The van der Waals surface area contributed by atoms with Crippen LogP contribution in [-0.2, 0) is 20.7 Å². The van der Waals surface area contributed by atoms with Gasteiger partial charge in [-0.25, -0.2) is 0 Å². The lowest BCUT2D eigenvalue weighted by Crippen LogP contribution is -2.42. The first-order valence-corrected chi connectivity index (χ1v) is 7.14. The molecule has 0 bridgehead atoms. The Kier molecular flexibility index (Phi) is 3.98. The van der Waals surface area contributed by atoms with Gasteiger partial charge in [-0.2, -0.15) is 0 Å². The zero-order chi connectivity index (χ0) is 14.8. The van der Waals surface area contributed by atoms with Crippen LogP contribution in [0.25, 0.3) is 0 Å². The van der Waals surface area contributed by atoms with Crippen molar-refractivity contribution in [2.45, 2.75) is 52.1 Å². The van der Waals surface area contributed by atoms with Crippen LogP contribution in [0, 0.1) is 5.41 Å². The van der Waals surface area contributed by atoms with E-state index in [4.69, 9.17) is 4.74 Å². The SMILES string of the molecule is CC(C)(C)OC(=O)[C@]1(Cc2ccccc2)CCCC1=O. The van der Waals surface area contributed by atoms with E-state index in [0.29, 0.717) is 19.3 Å². The average molecular weight is 274 g/mol. The first-order chi connectivity index (χ1) is 9.33. The predicted molar refractivity (Wildman–Crippen MR) is 77.3 cm³/mol. The third-order valence-corrected chi connectivity index (χ3v) is 3.68. The second-order valence-corrected chi connectivity index (χ2v) is 6.52. The van der Waals surface area contributed by atoms with E-state index >= 15 is 0 Å². The first-order valence-electron chi connectivity index (χ1n) is 7.14. The van der Waals surface area contributed by atoms with Gasteiger partial charge < -0.3 is 4.74 Å². The number of ether oxygens (including phenoxy) is 1. The first kappa shape index (κ1) is 14.8. The minimum absolute atomic E-state index is 0.0237. The molecule has 0 unspecified atom stereocenters. The van der Waals surface area contributed by atoms with Gasteiger partial charge in [0.15, 0.2) is 5.78 Å². The highest BCUT2D eigenvalue weighted by Gasteiger charge is 2.50. The summed E-state index contributed by atoms with van der Waals surface area (Å²) in [7, 11) is 0. The maximum atomic E-state index is 12.6. The molecule has 20 heavy (non-hydrogen) atoms. The Morgan fingerprint density at radius 2 is 1.90 bits per heavy atom. The number of carbonyl (C=O) groups excluding carboxylic acids is 2.